The lowest BCUT2D eigenvalue weighted by Gasteiger charge is -2.22. The molecular weight excluding hydrogens is 294 g/mol. The Hall–Kier alpha value is -1.14. The average molecular weight is 315 g/mol. The van der Waals surface area contributed by atoms with Crippen LogP contribution in [0.25, 0.3) is 0 Å². The van der Waals surface area contributed by atoms with Crippen molar-refractivity contribution in [2.75, 3.05) is 12.9 Å². The molecule has 1 rings (SSSR count). The van der Waals surface area contributed by atoms with E-state index in [1.807, 2.05) is 13.8 Å². The van der Waals surface area contributed by atoms with Crippen molar-refractivity contribution in [2.45, 2.75) is 31.6 Å². The average Bonchev–Trinajstić information content (AvgIpc) is 2.34. The molecule has 0 aromatic heterocycles. The van der Waals surface area contributed by atoms with Crippen molar-refractivity contribution in [1.29, 1.82) is 0 Å². The molecule has 4 nitrogen and oxygen atoms in total. The molecule has 0 atom stereocenters. The van der Waals surface area contributed by atoms with Gasteiger partial charge in [0.1, 0.15) is 5.75 Å². The number of benzene rings is 1. The van der Waals surface area contributed by atoms with E-state index >= 15 is 0 Å². The van der Waals surface area contributed by atoms with Crippen LogP contribution in [-0.2, 0) is 9.84 Å². The van der Waals surface area contributed by atoms with Crippen LogP contribution >= 0.6 is 12.2 Å². The second kappa shape index (κ2) is 6.54. The van der Waals surface area contributed by atoms with Gasteiger partial charge in [0.2, 0.25) is 0 Å². The summed E-state index contributed by atoms with van der Waals surface area (Å²) in [6, 6.07) is 6.50. The maximum atomic E-state index is 11.4. The predicted octanol–water partition coefficient (Wildman–Crippen LogP) is 2.56. The Bertz CT molecular complexity index is 580. The Morgan fingerprint density at radius 2 is 2.05 bits per heavy atom. The first-order valence-electron chi connectivity index (χ1n) is 6.36. The van der Waals surface area contributed by atoms with E-state index in [2.05, 4.69) is 0 Å². The molecule has 0 amide bonds. The van der Waals surface area contributed by atoms with Gasteiger partial charge in [-0.2, -0.15) is 0 Å². The molecule has 0 spiro atoms. The number of thiocarbonyl (C=S) groups is 1. The van der Waals surface area contributed by atoms with Crippen LogP contribution in [0.2, 0.25) is 0 Å². The van der Waals surface area contributed by atoms with E-state index < -0.39 is 9.84 Å². The second-order valence-electron chi connectivity index (χ2n) is 5.45. The first-order chi connectivity index (χ1) is 9.13. The number of hydrogen-bond donors (Lipinski definition) is 1. The van der Waals surface area contributed by atoms with Crippen molar-refractivity contribution in [3.8, 4) is 5.75 Å². The molecule has 2 N–H and O–H groups in total. The molecule has 0 bridgehead atoms. The highest BCUT2D eigenvalue weighted by atomic mass is 32.2. The summed E-state index contributed by atoms with van der Waals surface area (Å²) in [5.74, 6) is 0.557. The van der Waals surface area contributed by atoms with Gasteiger partial charge in [-0.05, 0) is 31.0 Å². The fraction of sp³-hybridized carbons (Fsp3) is 0.500. The number of ether oxygens (including phenoxy) is 1. The predicted molar refractivity (Wildman–Crippen MR) is 84.8 cm³/mol. The van der Waals surface area contributed by atoms with Crippen molar-refractivity contribution in [3.63, 3.8) is 0 Å². The van der Waals surface area contributed by atoms with E-state index in [-0.39, 0.29) is 10.3 Å². The van der Waals surface area contributed by atoms with Crippen LogP contribution in [-0.4, -0.2) is 26.3 Å². The summed E-state index contributed by atoms with van der Waals surface area (Å²) < 4.78 is 28.4. The zero-order valence-corrected chi connectivity index (χ0v) is 13.7. The number of rotatable bonds is 7. The van der Waals surface area contributed by atoms with E-state index in [1.54, 1.807) is 18.2 Å². The molecule has 6 heteroatoms. The summed E-state index contributed by atoms with van der Waals surface area (Å²) in [5.41, 5.74) is 5.47. The lowest BCUT2D eigenvalue weighted by atomic mass is 9.88. The van der Waals surface area contributed by atoms with E-state index in [0.29, 0.717) is 17.3 Å². The van der Waals surface area contributed by atoms with Gasteiger partial charge in [-0.15, -0.1) is 0 Å². The zero-order chi connectivity index (χ0) is 15.4. The highest BCUT2D eigenvalue weighted by Gasteiger charge is 2.20. The first kappa shape index (κ1) is 16.9. The molecule has 0 aliphatic heterocycles. The van der Waals surface area contributed by atoms with Crippen LogP contribution in [0.5, 0.6) is 5.75 Å². The Balaban J connectivity index is 2.54. The SMILES string of the molecule is CC(C)(CCCOc1cccc(S(C)(=O)=O)c1)C(N)=S. The standard InChI is InChI=1S/C14H21NO3S2/c1-14(2,13(15)19)8-5-9-18-11-6-4-7-12(10-11)20(3,16)17/h4,6-7,10H,5,8-9H2,1-3H3,(H2,15,19). The molecule has 0 saturated carbocycles. The maximum absolute atomic E-state index is 11.4. The number of sulfone groups is 1. The van der Waals surface area contributed by atoms with Crippen molar-refractivity contribution in [1.82, 2.24) is 0 Å². The van der Waals surface area contributed by atoms with Crippen LogP contribution in [0.15, 0.2) is 29.2 Å². The molecule has 0 unspecified atom stereocenters. The summed E-state index contributed by atoms with van der Waals surface area (Å²) in [4.78, 5) is 0.759. The molecule has 112 valence electrons. The molecule has 0 aliphatic carbocycles. The Morgan fingerprint density at radius 3 is 2.60 bits per heavy atom. The summed E-state index contributed by atoms with van der Waals surface area (Å²) in [6.07, 6.45) is 2.80. The highest BCUT2D eigenvalue weighted by Crippen LogP contribution is 2.23. The van der Waals surface area contributed by atoms with Gasteiger partial charge in [0.05, 0.1) is 16.5 Å². The van der Waals surface area contributed by atoms with Gasteiger partial charge in [0, 0.05) is 11.7 Å². The normalized spacial score (nSPS) is 12.2. The van der Waals surface area contributed by atoms with Gasteiger partial charge in [0.15, 0.2) is 9.84 Å². The minimum atomic E-state index is -3.20. The third-order valence-electron chi connectivity index (χ3n) is 3.12. The largest absolute Gasteiger partial charge is 0.494 e. The topological polar surface area (TPSA) is 69.4 Å². The Kier molecular flexibility index (Phi) is 5.53. The van der Waals surface area contributed by atoms with E-state index in [9.17, 15) is 8.42 Å². The molecule has 1 aromatic carbocycles. The maximum Gasteiger partial charge on any atom is 0.175 e. The van der Waals surface area contributed by atoms with Gasteiger partial charge in [-0.3, -0.25) is 0 Å². The zero-order valence-electron chi connectivity index (χ0n) is 12.0. The summed E-state index contributed by atoms with van der Waals surface area (Å²) in [5, 5.41) is 0. The molecule has 1 aromatic rings. The molecule has 0 fully saturated rings. The molecule has 0 radical (unpaired) electrons. The van der Waals surface area contributed by atoms with Crippen LogP contribution in [0.1, 0.15) is 26.7 Å². The second-order valence-corrected chi connectivity index (χ2v) is 7.90. The lowest BCUT2D eigenvalue weighted by molar-refractivity contribution is 0.287. The highest BCUT2D eigenvalue weighted by molar-refractivity contribution is 7.90. The van der Waals surface area contributed by atoms with Crippen molar-refractivity contribution in [3.05, 3.63) is 24.3 Å². The minimum absolute atomic E-state index is 0.187. The van der Waals surface area contributed by atoms with Crippen LogP contribution in [0.4, 0.5) is 0 Å². The summed E-state index contributed by atoms with van der Waals surface area (Å²) in [6.45, 7) is 4.50. The quantitative estimate of drug-likeness (QED) is 0.618. The van der Waals surface area contributed by atoms with Gasteiger partial charge in [-0.1, -0.05) is 32.1 Å². The van der Waals surface area contributed by atoms with E-state index in [4.69, 9.17) is 22.7 Å². The van der Waals surface area contributed by atoms with Crippen LogP contribution in [0.3, 0.4) is 0 Å². The van der Waals surface area contributed by atoms with Crippen LogP contribution in [0, 0.1) is 5.41 Å². The molecule has 0 heterocycles. The number of hydrogen-bond acceptors (Lipinski definition) is 4. The van der Waals surface area contributed by atoms with Crippen molar-refractivity contribution in [2.24, 2.45) is 11.1 Å². The number of nitrogens with two attached hydrogens (primary N) is 1. The van der Waals surface area contributed by atoms with E-state index in [1.165, 1.54) is 12.3 Å². The Labute approximate surface area is 126 Å². The van der Waals surface area contributed by atoms with Gasteiger partial charge in [0.25, 0.3) is 0 Å². The lowest BCUT2D eigenvalue weighted by Crippen LogP contribution is -2.30. The summed E-state index contributed by atoms with van der Waals surface area (Å²) >= 11 is 5.00. The first-order valence-corrected chi connectivity index (χ1v) is 8.66. The molecular formula is C14H21NO3S2. The van der Waals surface area contributed by atoms with Gasteiger partial charge in [-0.25, -0.2) is 8.42 Å². The molecule has 0 saturated heterocycles. The van der Waals surface area contributed by atoms with Gasteiger partial charge < -0.3 is 10.5 Å². The smallest absolute Gasteiger partial charge is 0.175 e. The van der Waals surface area contributed by atoms with Crippen LogP contribution < -0.4 is 10.5 Å². The monoisotopic (exact) mass is 315 g/mol. The van der Waals surface area contributed by atoms with Gasteiger partial charge >= 0.3 is 0 Å². The fourth-order valence-electron chi connectivity index (χ4n) is 1.62. The molecule has 20 heavy (non-hydrogen) atoms. The fourth-order valence-corrected chi connectivity index (χ4v) is 2.38. The van der Waals surface area contributed by atoms with Crippen molar-refractivity contribution >= 4 is 27.0 Å². The third kappa shape index (κ3) is 5.09. The summed E-state index contributed by atoms with van der Waals surface area (Å²) in [7, 11) is -3.20. The third-order valence-corrected chi connectivity index (χ3v) is 4.78. The van der Waals surface area contributed by atoms with E-state index in [0.717, 1.165) is 12.8 Å². The Morgan fingerprint density at radius 1 is 1.40 bits per heavy atom. The molecule has 0 aliphatic rings. The minimum Gasteiger partial charge on any atom is -0.494 e. The van der Waals surface area contributed by atoms with Crippen molar-refractivity contribution < 1.29 is 13.2 Å².